The number of benzene rings is 1. The highest BCUT2D eigenvalue weighted by Crippen LogP contribution is 2.33. The second-order valence-corrected chi connectivity index (χ2v) is 3.57. The predicted molar refractivity (Wildman–Crippen MR) is 58.0 cm³/mol. The van der Waals surface area contributed by atoms with Crippen molar-refractivity contribution in [3.63, 3.8) is 0 Å². The minimum absolute atomic E-state index is 0.252. The summed E-state index contributed by atoms with van der Waals surface area (Å²) in [5, 5.41) is 12.1. The summed E-state index contributed by atoms with van der Waals surface area (Å²) in [6.45, 7) is 0.759. The van der Waals surface area contributed by atoms with E-state index < -0.39 is 0 Å². The van der Waals surface area contributed by atoms with Crippen LogP contribution < -0.4 is 15.2 Å². The number of ether oxygens (including phenoxy) is 2. The van der Waals surface area contributed by atoms with Crippen molar-refractivity contribution in [1.29, 1.82) is 0 Å². The van der Waals surface area contributed by atoms with Crippen LogP contribution in [-0.4, -0.2) is 33.5 Å². The summed E-state index contributed by atoms with van der Waals surface area (Å²) in [6, 6.07) is 5.49. The van der Waals surface area contributed by atoms with Crippen molar-refractivity contribution in [2.24, 2.45) is 5.73 Å². The maximum Gasteiger partial charge on any atom is 0.231 e. The Hall–Kier alpha value is -2.15. The summed E-state index contributed by atoms with van der Waals surface area (Å²) in [4.78, 5) is 1.45. The first kappa shape index (κ1) is 10.0. The number of rotatable bonds is 3. The molecule has 0 saturated carbocycles. The number of fused-ring (bicyclic) bond motifs is 1. The number of hydrogen-bond donors (Lipinski definition) is 1. The Bertz CT molecular complexity index is 539. The Balaban J connectivity index is 1.92. The molecule has 0 spiro atoms. The average Bonchev–Trinajstić information content (AvgIpc) is 2.96. The Morgan fingerprint density at radius 1 is 1.29 bits per heavy atom. The highest BCUT2D eigenvalue weighted by atomic mass is 16.7. The van der Waals surface area contributed by atoms with Crippen LogP contribution in [0, 0.1) is 0 Å². The smallest absolute Gasteiger partial charge is 0.231 e. The lowest BCUT2D eigenvalue weighted by atomic mass is 10.3. The third kappa shape index (κ3) is 1.80. The number of nitrogens with two attached hydrogens (primary N) is 1. The lowest BCUT2D eigenvalue weighted by Gasteiger charge is -2.00. The molecule has 0 unspecified atom stereocenters. The van der Waals surface area contributed by atoms with Gasteiger partial charge >= 0.3 is 0 Å². The molecule has 0 saturated heterocycles. The Morgan fingerprint density at radius 2 is 2.18 bits per heavy atom. The van der Waals surface area contributed by atoms with E-state index in [4.69, 9.17) is 15.2 Å². The highest BCUT2D eigenvalue weighted by molar-refractivity contribution is 5.49. The van der Waals surface area contributed by atoms with Gasteiger partial charge in [0, 0.05) is 12.5 Å². The molecule has 1 aromatic heterocycles. The van der Waals surface area contributed by atoms with Crippen LogP contribution in [-0.2, 0) is 6.42 Å². The van der Waals surface area contributed by atoms with E-state index in [0.29, 0.717) is 24.5 Å². The first-order chi connectivity index (χ1) is 8.36. The van der Waals surface area contributed by atoms with Crippen LogP contribution in [0.15, 0.2) is 18.2 Å². The summed E-state index contributed by atoms with van der Waals surface area (Å²) in [5.41, 5.74) is 6.21. The van der Waals surface area contributed by atoms with Crippen LogP contribution in [0.3, 0.4) is 0 Å². The predicted octanol–water partition coefficient (Wildman–Crippen LogP) is -0.108. The zero-order valence-electron chi connectivity index (χ0n) is 9.04. The van der Waals surface area contributed by atoms with Crippen molar-refractivity contribution in [3.8, 4) is 17.2 Å². The molecule has 0 atom stereocenters. The van der Waals surface area contributed by atoms with Crippen molar-refractivity contribution >= 4 is 0 Å². The van der Waals surface area contributed by atoms with Crippen LogP contribution in [0.1, 0.15) is 5.82 Å². The van der Waals surface area contributed by atoms with Gasteiger partial charge in [0.1, 0.15) is 0 Å². The molecule has 0 bridgehead atoms. The fourth-order valence-corrected chi connectivity index (χ4v) is 1.59. The van der Waals surface area contributed by atoms with Gasteiger partial charge in [-0.15, -0.1) is 15.0 Å². The minimum Gasteiger partial charge on any atom is -0.454 e. The van der Waals surface area contributed by atoms with Gasteiger partial charge in [0.2, 0.25) is 6.79 Å². The van der Waals surface area contributed by atoms with Gasteiger partial charge in [0.15, 0.2) is 17.3 Å². The molecule has 7 nitrogen and oxygen atoms in total. The van der Waals surface area contributed by atoms with E-state index >= 15 is 0 Å². The average molecular weight is 233 g/mol. The molecule has 2 aromatic rings. The molecule has 17 heavy (non-hydrogen) atoms. The molecule has 2 N–H and O–H groups in total. The fourth-order valence-electron chi connectivity index (χ4n) is 1.59. The van der Waals surface area contributed by atoms with Crippen molar-refractivity contribution in [1.82, 2.24) is 20.2 Å². The van der Waals surface area contributed by atoms with Gasteiger partial charge in [-0.1, -0.05) is 0 Å². The third-order valence-electron chi connectivity index (χ3n) is 2.41. The van der Waals surface area contributed by atoms with Crippen molar-refractivity contribution < 1.29 is 9.47 Å². The van der Waals surface area contributed by atoms with Crippen LogP contribution in [0.4, 0.5) is 0 Å². The van der Waals surface area contributed by atoms with E-state index in [9.17, 15) is 0 Å². The number of nitrogens with zero attached hydrogens (tertiary/aromatic N) is 4. The van der Waals surface area contributed by atoms with E-state index in [2.05, 4.69) is 15.4 Å². The molecule has 1 aliphatic heterocycles. The molecule has 1 aliphatic rings. The van der Waals surface area contributed by atoms with Gasteiger partial charge in [-0.3, -0.25) is 0 Å². The zero-order valence-corrected chi connectivity index (χ0v) is 9.04. The van der Waals surface area contributed by atoms with Crippen LogP contribution >= 0.6 is 0 Å². The van der Waals surface area contributed by atoms with Gasteiger partial charge in [-0.25, -0.2) is 0 Å². The lowest BCUT2D eigenvalue weighted by molar-refractivity contribution is 0.174. The van der Waals surface area contributed by atoms with Crippen LogP contribution in [0.5, 0.6) is 11.5 Å². The summed E-state index contributed by atoms with van der Waals surface area (Å²) in [5.74, 6) is 2.06. The quantitative estimate of drug-likeness (QED) is 0.796. The van der Waals surface area contributed by atoms with E-state index in [1.807, 2.05) is 18.2 Å². The Labute approximate surface area is 97.1 Å². The molecule has 0 fully saturated rings. The largest absolute Gasteiger partial charge is 0.454 e. The molecule has 0 amide bonds. The fraction of sp³-hybridized carbons (Fsp3) is 0.300. The van der Waals surface area contributed by atoms with E-state index in [1.54, 1.807) is 0 Å². The SMILES string of the molecule is NCCc1nnn(-c2ccc3c(c2)OCO3)n1. The molecule has 1 aromatic carbocycles. The van der Waals surface area contributed by atoms with Crippen molar-refractivity contribution in [2.75, 3.05) is 13.3 Å². The minimum atomic E-state index is 0.252. The molecule has 88 valence electrons. The Morgan fingerprint density at radius 3 is 3.06 bits per heavy atom. The topological polar surface area (TPSA) is 88.1 Å². The monoisotopic (exact) mass is 233 g/mol. The van der Waals surface area contributed by atoms with Gasteiger partial charge in [-0.05, 0) is 23.9 Å². The summed E-state index contributed by atoms with van der Waals surface area (Å²) in [7, 11) is 0. The second-order valence-electron chi connectivity index (χ2n) is 3.57. The first-order valence-corrected chi connectivity index (χ1v) is 5.26. The van der Waals surface area contributed by atoms with Crippen molar-refractivity contribution in [3.05, 3.63) is 24.0 Å². The maximum atomic E-state index is 5.43. The molecule has 0 radical (unpaired) electrons. The number of tetrazole rings is 1. The second kappa shape index (κ2) is 4.02. The van der Waals surface area contributed by atoms with Gasteiger partial charge in [-0.2, -0.15) is 0 Å². The van der Waals surface area contributed by atoms with Gasteiger partial charge < -0.3 is 15.2 Å². The molecular weight excluding hydrogens is 222 g/mol. The van der Waals surface area contributed by atoms with Crippen LogP contribution in [0.25, 0.3) is 5.69 Å². The van der Waals surface area contributed by atoms with Gasteiger partial charge in [0.25, 0.3) is 0 Å². The third-order valence-corrected chi connectivity index (χ3v) is 2.41. The highest BCUT2D eigenvalue weighted by Gasteiger charge is 2.14. The summed E-state index contributed by atoms with van der Waals surface area (Å²) >= 11 is 0. The Kier molecular flexibility index (Phi) is 2.37. The van der Waals surface area contributed by atoms with E-state index in [0.717, 1.165) is 11.4 Å². The molecule has 7 heteroatoms. The van der Waals surface area contributed by atoms with Gasteiger partial charge in [0.05, 0.1) is 5.69 Å². The summed E-state index contributed by atoms with van der Waals surface area (Å²) in [6.07, 6.45) is 0.616. The number of aromatic nitrogens is 4. The molecular formula is C10H11N5O2. The maximum absolute atomic E-state index is 5.43. The van der Waals surface area contributed by atoms with Crippen molar-refractivity contribution in [2.45, 2.75) is 6.42 Å². The van der Waals surface area contributed by atoms with E-state index in [-0.39, 0.29) is 6.79 Å². The van der Waals surface area contributed by atoms with Crippen LogP contribution in [0.2, 0.25) is 0 Å². The normalized spacial score (nSPS) is 13.0. The zero-order chi connectivity index (χ0) is 11.7. The van der Waals surface area contributed by atoms with E-state index in [1.165, 1.54) is 4.80 Å². The lowest BCUT2D eigenvalue weighted by Crippen LogP contribution is -2.05. The number of hydrogen-bond acceptors (Lipinski definition) is 6. The molecule has 3 rings (SSSR count). The summed E-state index contributed by atoms with van der Waals surface area (Å²) < 4.78 is 10.5. The first-order valence-electron chi connectivity index (χ1n) is 5.26. The molecule has 2 heterocycles. The molecule has 0 aliphatic carbocycles. The standard InChI is InChI=1S/C10H11N5O2/c11-4-3-10-12-14-15(13-10)7-1-2-8-9(5-7)17-6-16-8/h1-2,5H,3-4,6,11H2.